The molecule has 2 nitrogen and oxygen atoms in total. The summed E-state index contributed by atoms with van der Waals surface area (Å²) in [5.41, 5.74) is 7.54. The minimum absolute atomic E-state index is 0. The Morgan fingerprint density at radius 1 is 0.634 bits per heavy atom. The van der Waals surface area contributed by atoms with Crippen molar-refractivity contribution in [2.45, 2.75) is 40.3 Å². The SMILES string of the molecule is Cc1cc(C)cc(P(c2cc(C)cc(C)c2)[C@H](C)[C]2C=CC=C2P(c2ccco2)c2ccco2)c1.[CH]1C=CC=C1.[Fe]. The van der Waals surface area contributed by atoms with Crippen LogP contribution >= 0.6 is 15.8 Å². The fourth-order valence-electron chi connectivity index (χ4n) is 5.36. The molecule has 0 saturated heterocycles. The standard InChI is InChI=1S/C31H31O2P2.C5H5.Fe/c1-21-15-22(2)18-26(17-21)34(27-19-23(3)16-24(4)20-27)25(5)28-9-6-10-29(28)35(30-11-7-13-32-30)31-12-8-14-33-31;1-2-4-5-3-1;/h6-20,25H,1-5H3;1-5H;/t25-;;/m1../s1. The van der Waals surface area contributed by atoms with Crippen molar-refractivity contribution >= 4 is 37.5 Å². The first kappa shape index (κ1) is 31.3. The van der Waals surface area contributed by atoms with E-state index >= 15 is 0 Å². The summed E-state index contributed by atoms with van der Waals surface area (Å²) >= 11 is 0. The summed E-state index contributed by atoms with van der Waals surface area (Å²) in [4.78, 5) is 0. The van der Waals surface area contributed by atoms with Crippen LogP contribution in [0, 0.1) is 40.0 Å². The fourth-order valence-corrected chi connectivity index (χ4v) is 10.8. The molecule has 0 fully saturated rings. The van der Waals surface area contributed by atoms with E-state index in [0.717, 1.165) is 11.0 Å². The van der Waals surface area contributed by atoms with Crippen molar-refractivity contribution in [3.8, 4) is 0 Å². The molecule has 2 aromatic heterocycles. The van der Waals surface area contributed by atoms with E-state index in [4.69, 9.17) is 8.83 Å². The third-order valence-corrected chi connectivity index (χ3v) is 11.8. The van der Waals surface area contributed by atoms with Gasteiger partial charge in [-0.25, -0.2) is 0 Å². The molecule has 41 heavy (non-hydrogen) atoms. The van der Waals surface area contributed by atoms with Crippen LogP contribution in [-0.2, 0) is 17.1 Å². The summed E-state index contributed by atoms with van der Waals surface area (Å²) < 4.78 is 11.9. The molecule has 0 unspecified atom stereocenters. The molecule has 4 aromatic rings. The van der Waals surface area contributed by atoms with Crippen molar-refractivity contribution in [3.05, 3.63) is 156 Å². The number of hydrogen-bond donors (Lipinski definition) is 0. The second kappa shape index (κ2) is 14.5. The number of rotatable bonds is 7. The molecule has 2 aliphatic carbocycles. The molecular weight excluding hydrogens is 582 g/mol. The second-order valence-corrected chi connectivity index (χ2v) is 14.9. The van der Waals surface area contributed by atoms with Crippen LogP contribution in [-0.4, -0.2) is 5.66 Å². The van der Waals surface area contributed by atoms with Gasteiger partial charge >= 0.3 is 0 Å². The van der Waals surface area contributed by atoms with Gasteiger partial charge < -0.3 is 8.83 Å². The zero-order valence-corrected chi connectivity index (χ0v) is 27.1. The second-order valence-electron chi connectivity index (χ2n) is 10.3. The predicted molar refractivity (Wildman–Crippen MR) is 174 cm³/mol. The van der Waals surface area contributed by atoms with E-state index in [-0.39, 0.29) is 17.1 Å². The van der Waals surface area contributed by atoms with E-state index < -0.39 is 15.8 Å². The van der Waals surface area contributed by atoms with E-state index in [1.54, 1.807) is 12.5 Å². The van der Waals surface area contributed by atoms with E-state index in [1.165, 1.54) is 44.1 Å². The third kappa shape index (κ3) is 7.60. The van der Waals surface area contributed by atoms with E-state index in [1.807, 2.05) is 42.9 Å². The maximum absolute atomic E-state index is 5.94. The minimum Gasteiger partial charge on any atom is -0.464 e. The largest absolute Gasteiger partial charge is 0.464 e. The minimum atomic E-state index is -0.899. The molecule has 2 aromatic carbocycles. The van der Waals surface area contributed by atoms with Gasteiger partial charge in [0.05, 0.1) is 20.4 Å². The number of allylic oxidation sites excluding steroid dienone is 8. The monoisotopic (exact) mass is 618 g/mol. The Labute approximate surface area is 258 Å². The van der Waals surface area contributed by atoms with Crippen molar-refractivity contribution in [3.63, 3.8) is 0 Å². The van der Waals surface area contributed by atoms with Crippen molar-refractivity contribution in [2.75, 3.05) is 0 Å². The Morgan fingerprint density at radius 2 is 1.12 bits per heavy atom. The van der Waals surface area contributed by atoms with Crippen LogP contribution in [0.1, 0.15) is 29.2 Å². The first-order valence-corrected chi connectivity index (χ1v) is 16.4. The van der Waals surface area contributed by atoms with Gasteiger partial charge in [0.15, 0.2) is 0 Å². The number of furan rings is 2. The van der Waals surface area contributed by atoms with Crippen LogP contribution in [0.4, 0.5) is 0 Å². The van der Waals surface area contributed by atoms with Gasteiger partial charge in [0, 0.05) is 29.4 Å². The van der Waals surface area contributed by atoms with Gasteiger partial charge in [-0.1, -0.05) is 108 Å². The summed E-state index contributed by atoms with van der Waals surface area (Å²) in [5.74, 6) is 1.38. The molecule has 2 heterocycles. The quantitative estimate of drug-likeness (QED) is 0.154. The van der Waals surface area contributed by atoms with Crippen LogP contribution in [0.3, 0.4) is 0 Å². The van der Waals surface area contributed by atoms with Crippen molar-refractivity contribution in [1.82, 2.24) is 0 Å². The van der Waals surface area contributed by atoms with Gasteiger partial charge in [0.1, 0.15) is 11.0 Å². The van der Waals surface area contributed by atoms with Crippen LogP contribution < -0.4 is 21.6 Å². The Kier molecular flexibility index (Phi) is 11.1. The van der Waals surface area contributed by atoms with Crippen LogP contribution in [0.2, 0.25) is 0 Å². The Morgan fingerprint density at radius 3 is 1.51 bits per heavy atom. The van der Waals surface area contributed by atoms with Gasteiger partial charge in [-0.15, -0.1) is 0 Å². The van der Waals surface area contributed by atoms with E-state index in [0.29, 0.717) is 5.66 Å². The van der Waals surface area contributed by atoms with Crippen LogP contribution in [0.15, 0.2) is 130 Å². The maximum atomic E-state index is 5.94. The Bertz CT molecular complexity index is 1410. The van der Waals surface area contributed by atoms with Crippen molar-refractivity contribution in [2.24, 2.45) is 0 Å². The molecule has 0 bridgehead atoms. The maximum Gasteiger partial charge on any atom is 0.137 e. The topological polar surface area (TPSA) is 26.3 Å². The molecule has 0 amide bonds. The predicted octanol–water partition coefficient (Wildman–Crippen LogP) is 8.40. The molecule has 210 valence electrons. The molecule has 0 saturated carbocycles. The molecule has 5 heteroatoms. The molecule has 1 atom stereocenters. The molecule has 6 rings (SSSR count). The number of hydrogen-bond acceptors (Lipinski definition) is 2. The first-order chi connectivity index (χ1) is 19.4. The molecule has 0 N–H and O–H groups in total. The van der Waals surface area contributed by atoms with Gasteiger partial charge in [-0.05, 0) is 81.5 Å². The van der Waals surface area contributed by atoms with E-state index in [9.17, 15) is 0 Å². The molecule has 0 spiro atoms. The first-order valence-electron chi connectivity index (χ1n) is 13.7. The van der Waals surface area contributed by atoms with Crippen LogP contribution in [0.25, 0.3) is 0 Å². The average Bonchev–Trinajstić information content (AvgIpc) is 3.74. The number of benzene rings is 2. The van der Waals surface area contributed by atoms with E-state index in [2.05, 4.69) is 101 Å². The fraction of sp³-hybridized carbons (Fsp3) is 0.167. The summed E-state index contributed by atoms with van der Waals surface area (Å²) in [6.45, 7) is 11.2. The van der Waals surface area contributed by atoms with Gasteiger partial charge in [-0.3, -0.25) is 0 Å². The van der Waals surface area contributed by atoms with Crippen molar-refractivity contribution in [1.29, 1.82) is 0 Å². The van der Waals surface area contributed by atoms with Gasteiger partial charge in [-0.2, -0.15) is 0 Å². The molecule has 2 radical (unpaired) electrons. The average molecular weight is 618 g/mol. The smallest absolute Gasteiger partial charge is 0.137 e. The van der Waals surface area contributed by atoms with Gasteiger partial charge in [0.2, 0.25) is 0 Å². The normalized spacial score (nSPS) is 14.8. The summed E-state index contributed by atoms with van der Waals surface area (Å²) in [6.07, 6.45) is 20.3. The third-order valence-electron chi connectivity index (χ3n) is 6.88. The summed E-state index contributed by atoms with van der Waals surface area (Å²) in [6, 6.07) is 22.2. The summed E-state index contributed by atoms with van der Waals surface area (Å²) in [7, 11) is -1.53. The number of aryl methyl sites for hydroxylation is 4. The summed E-state index contributed by atoms with van der Waals surface area (Å²) in [5, 5.41) is 4.18. The van der Waals surface area contributed by atoms with Crippen molar-refractivity contribution < 1.29 is 25.9 Å². The Hall–Kier alpha value is -2.66. The molecular formula is C36H36FeO2P2. The molecule has 2 aliphatic rings. The van der Waals surface area contributed by atoms with Crippen LogP contribution in [0.5, 0.6) is 0 Å². The molecule has 0 aliphatic heterocycles. The Balaban J connectivity index is 0.000000584. The zero-order chi connectivity index (χ0) is 28.1. The zero-order valence-electron chi connectivity index (χ0n) is 24.2. The van der Waals surface area contributed by atoms with Gasteiger partial charge in [0.25, 0.3) is 0 Å².